The maximum Gasteiger partial charge on any atom is 0.261 e. The third-order valence-electron chi connectivity index (χ3n) is 7.10. The SMILES string of the molecule is CC(C)CCN(C(=O)C1CCCCC1)C(C)c1nc2ccccc2c(=O)n1Cc1ccccc1. The van der Waals surface area contributed by atoms with E-state index in [0.717, 1.165) is 37.7 Å². The number of carbonyl (C=O) groups excluding carboxylic acids is 1. The summed E-state index contributed by atoms with van der Waals surface area (Å²) in [6, 6.07) is 17.2. The summed E-state index contributed by atoms with van der Waals surface area (Å²) in [5.74, 6) is 1.46. The molecule has 5 heteroatoms. The van der Waals surface area contributed by atoms with Gasteiger partial charge in [0.25, 0.3) is 5.56 Å². The monoisotopic (exact) mass is 459 g/mol. The van der Waals surface area contributed by atoms with E-state index in [9.17, 15) is 9.59 Å². The standard InChI is InChI=1S/C29H37N3O2/c1-21(2)18-19-31(28(33)24-14-8-5-9-15-24)22(3)27-30-26-17-11-10-16-25(26)29(34)32(27)20-23-12-6-4-7-13-23/h4,6-7,10-13,16-17,21-22,24H,5,8-9,14-15,18-20H2,1-3H3. The molecule has 0 N–H and O–H groups in total. The number of rotatable bonds is 8. The van der Waals surface area contributed by atoms with Crippen molar-refractivity contribution in [1.29, 1.82) is 0 Å². The van der Waals surface area contributed by atoms with E-state index in [1.54, 1.807) is 4.57 Å². The zero-order valence-electron chi connectivity index (χ0n) is 20.7. The molecule has 1 atom stereocenters. The van der Waals surface area contributed by atoms with Crippen LogP contribution in [0.1, 0.15) is 76.7 Å². The fourth-order valence-corrected chi connectivity index (χ4v) is 5.04. The molecular formula is C29H37N3O2. The summed E-state index contributed by atoms with van der Waals surface area (Å²) < 4.78 is 1.78. The lowest BCUT2D eigenvalue weighted by atomic mass is 9.87. The van der Waals surface area contributed by atoms with Crippen molar-refractivity contribution in [3.63, 3.8) is 0 Å². The summed E-state index contributed by atoms with van der Waals surface area (Å²) in [5.41, 5.74) is 1.68. The second kappa shape index (κ2) is 11.0. The van der Waals surface area contributed by atoms with Crippen LogP contribution in [0.3, 0.4) is 0 Å². The van der Waals surface area contributed by atoms with Crippen LogP contribution < -0.4 is 5.56 Å². The first-order chi connectivity index (χ1) is 16.5. The molecule has 0 radical (unpaired) electrons. The Morgan fingerprint density at radius 2 is 1.68 bits per heavy atom. The Bertz CT molecular complexity index is 1160. The highest BCUT2D eigenvalue weighted by Gasteiger charge is 2.31. The molecular weight excluding hydrogens is 422 g/mol. The molecule has 3 aromatic rings. The highest BCUT2D eigenvalue weighted by molar-refractivity contribution is 5.80. The molecule has 1 heterocycles. The first-order valence-corrected chi connectivity index (χ1v) is 12.8. The molecule has 0 bridgehead atoms. The molecule has 1 fully saturated rings. The van der Waals surface area contributed by atoms with Gasteiger partial charge in [0.1, 0.15) is 5.82 Å². The van der Waals surface area contributed by atoms with Gasteiger partial charge in [-0.1, -0.05) is 75.6 Å². The first-order valence-electron chi connectivity index (χ1n) is 12.8. The molecule has 180 valence electrons. The number of hydrogen-bond acceptors (Lipinski definition) is 3. The van der Waals surface area contributed by atoms with Gasteiger partial charge in [0.05, 0.1) is 23.5 Å². The quantitative estimate of drug-likeness (QED) is 0.418. The van der Waals surface area contributed by atoms with Gasteiger partial charge in [0, 0.05) is 12.5 Å². The van der Waals surface area contributed by atoms with Gasteiger partial charge in [0.2, 0.25) is 5.91 Å². The normalized spacial score (nSPS) is 15.5. The Labute approximate surface area is 202 Å². The number of aromatic nitrogens is 2. The molecule has 1 aromatic heterocycles. The van der Waals surface area contributed by atoms with Gasteiger partial charge in [0.15, 0.2) is 0 Å². The van der Waals surface area contributed by atoms with Crippen LogP contribution >= 0.6 is 0 Å². The predicted octanol–water partition coefficient (Wildman–Crippen LogP) is 5.96. The lowest BCUT2D eigenvalue weighted by Gasteiger charge is -2.35. The first kappa shape index (κ1) is 24.2. The average molecular weight is 460 g/mol. The maximum atomic E-state index is 13.8. The van der Waals surface area contributed by atoms with Crippen molar-refractivity contribution in [2.75, 3.05) is 6.54 Å². The van der Waals surface area contributed by atoms with E-state index in [1.165, 1.54) is 6.42 Å². The summed E-state index contributed by atoms with van der Waals surface area (Å²) in [4.78, 5) is 34.4. The third kappa shape index (κ3) is 5.40. The van der Waals surface area contributed by atoms with Crippen molar-refractivity contribution >= 4 is 16.8 Å². The van der Waals surface area contributed by atoms with Crippen molar-refractivity contribution in [3.05, 3.63) is 76.3 Å². The van der Waals surface area contributed by atoms with E-state index in [0.29, 0.717) is 35.7 Å². The molecule has 1 unspecified atom stereocenters. The van der Waals surface area contributed by atoms with E-state index in [4.69, 9.17) is 4.98 Å². The van der Waals surface area contributed by atoms with Crippen LogP contribution in [-0.2, 0) is 11.3 Å². The fraction of sp³-hybridized carbons (Fsp3) is 0.483. The Morgan fingerprint density at radius 3 is 2.38 bits per heavy atom. The van der Waals surface area contributed by atoms with Gasteiger partial charge in [-0.05, 0) is 49.8 Å². The smallest absolute Gasteiger partial charge is 0.261 e. The topological polar surface area (TPSA) is 55.2 Å². The van der Waals surface area contributed by atoms with Crippen LogP contribution in [0.2, 0.25) is 0 Å². The summed E-state index contributed by atoms with van der Waals surface area (Å²) in [6.45, 7) is 7.54. The average Bonchev–Trinajstić information content (AvgIpc) is 2.86. The minimum absolute atomic E-state index is 0.0507. The van der Waals surface area contributed by atoms with E-state index < -0.39 is 0 Å². The van der Waals surface area contributed by atoms with Crippen LogP contribution in [0.25, 0.3) is 10.9 Å². The van der Waals surface area contributed by atoms with E-state index in [1.807, 2.05) is 66.4 Å². The molecule has 0 saturated heterocycles. The summed E-state index contributed by atoms with van der Waals surface area (Å²) in [7, 11) is 0. The van der Waals surface area contributed by atoms with Gasteiger partial charge in [-0.15, -0.1) is 0 Å². The van der Waals surface area contributed by atoms with Crippen molar-refractivity contribution in [1.82, 2.24) is 14.5 Å². The van der Waals surface area contributed by atoms with Crippen LogP contribution in [0, 0.1) is 11.8 Å². The zero-order valence-corrected chi connectivity index (χ0v) is 20.7. The molecule has 34 heavy (non-hydrogen) atoms. The second-order valence-electron chi connectivity index (χ2n) is 10.1. The van der Waals surface area contributed by atoms with Gasteiger partial charge in [-0.3, -0.25) is 14.2 Å². The van der Waals surface area contributed by atoms with Crippen LogP contribution in [0.15, 0.2) is 59.4 Å². The number of fused-ring (bicyclic) bond motifs is 1. The highest BCUT2D eigenvalue weighted by atomic mass is 16.2. The van der Waals surface area contributed by atoms with Crippen LogP contribution in [-0.4, -0.2) is 26.9 Å². The predicted molar refractivity (Wildman–Crippen MR) is 138 cm³/mol. The number of para-hydroxylation sites is 1. The van der Waals surface area contributed by atoms with Gasteiger partial charge < -0.3 is 4.90 Å². The maximum absolute atomic E-state index is 13.8. The van der Waals surface area contributed by atoms with Gasteiger partial charge in [-0.25, -0.2) is 4.98 Å². The Balaban J connectivity index is 1.78. The number of nitrogens with zero attached hydrogens (tertiary/aromatic N) is 3. The lowest BCUT2D eigenvalue weighted by molar-refractivity contribution is -0.139. The van der Waals surface area contributed by atoms with Crippen molar-refractivity contribution < 1.29 is 4.79 Å². The minimum Gasteiger partial charge on any atom is -0.333 e. The molecule has 2 aromatic carbocycles. The van der Waals surface area contributed by atoms with Crippen molar-refractivity contribution in [3.8, 4) is 0 Å². The summed E-state index contributed by atoms with van der Waals surface area (Å²) in [5, 5.41) is 0.613. The number of hydrogen-bond donors (Lipinski definition) is 0. The largest absolute Gasteiger partial charge is 0.333 e. The van der Waals surface area contributed by atoms with E-state index in [2.05, 4.69) is 13.8 Å². The Hall–Kier alpha value is -2.95. The number of carbonyl (C=O) groups is 1. The second-order valence-corrected chi connectivity index (χ2v) is 10.1. The molecule has 1 aliphatic rings. The molecule has 0 aliphatic heterocycles. The third-order valence-corrected chi connectivity index (χ3v) is 7.10. The molecule has 5 nitrogen and oxygen atoms in total. The number of amides is 1. The van der Waals surface area contributed by atoms with Crippen molar-refractivity contribution in [2.24, 2.45) is 11.8 Å². The Kier molecular flexibility index (Phi) is 7.81. The van der Waals surface area contributed by atoms with Crippen LogP contribution in [0.4, 0.5) is 0 Å². The van der Waals surface area contributed by atoms with E-state index >= 15 is 0 Å². The lowest BCUT2D eigenvalue weighted by Crippen LogP contribution is -2.42. The van der Waals surface area contributed by atoms with Gasteiger partial charge >= 0.3 is 0 Å². The highest BCUT2D eigenvalue weighted by Crippen LogP contribution is 2.30. The molecule has 1 aliphatic carbocycles. The molecule has 4 rings (SSSR count). The minimum atomic E-state index is -0.283. The molecule has 1 amide bonds. The fourth-order valence-electron chi connectivity index (χ4n) is 5.04. The van der Waals surface area contributed by atoms with Gasteiger partial charge in [-0.2, -0.15) is 0 Å². The molecule has 1 saturated carbocycles. The van der Waals surface area contributed by atoms with E-state index in [-0.39, 0.29) is 23.4 Å². The summed E-state index contributed by atoms with van der Waals surface area (Å²) >= 11 is 0. The number of benzene rings is 2. The van der Waals surface area contributed by atoms with Crippen LogP contribution in [0.5, 0.6) is 0 Å². The zero-order chi connectivity index (χ0) is 24.1. The summed E-state index contributed by atoms with van der Waals surface area (Å²) in [6.07, 6.45) is 6.32. The van der Waals surface area contributed by atoms with Crippen molar-refractivity contribution in [2.45, 2.75) is 71.9 Å². The molecule has 0 spiro atoms. The Morgan fingerprint density at radius 1 is 1.00 bits per heavy atom.